The van der Waals surface area contributed by atoms with Crippen molar-refractivity contribution >= 4 is 5.91 Å². The van der Waals surface area contributed by atoms with Crippen LogP contribution in [0.1, 0.15) is 10.4 Å². The van der Waals surface area contributed by atoms with Crippen molar-refractivity contribution in [3.8, 4) is 17.2 Å². The van der Waals surface area contributed by atoms with E-state index in [4.69, 9.17) is 9.47 Å². The molecular formula is C18H16N4O3. The highest BCUT2D eigenvalue weighted by Gasteiger charge is 2.21. The van der Waals surface area contributed by atoms with Gasteiger partial charge in [-0.2, -0.15) is 5.10 Å². The van der Waals surface area contributed by atoms with E-state index in [2.05, 4.69) is 15.4 Å². The molecule has 3 aromatic rings. The molecule has 1 amide bonds. The number of nitrogens with one attached hydrogen (secondary N) is 1. The van der Waals surface area contributed by atoms with Crippen LogP contribution < -0.4 is 14.8 Å². The number of amides is 1. The minimum atomic E-state index is -0.215. The third-order valence-electron chi connectivity index (χ3n) is 3.87. The molecule has 0 fully saturated rings. The Morgan fingerprint density at radius 1 is 1.16 bits per heavy atom. The largest absolute Gasteiger partial charge is 0.486 e. The maximum Gasteiger partial charge on any atom is 0.251 e. The Labute approximate surface area is 144 Å². The smallest absolute Gasteiger partial charge is 0.251 e. The van der Waals surface area contributed by atoms with Gasteiger partial charge in [0, 0.05) is 5.56 Å². The molecule has 0 radical (unpaired) electrons. The van der Waals surface area contributed by atoms with Gasteiger partial charge in [0.1, 0.15) is 25.4 Å². The van der Waals surface area contributed by atoms with Crippen molar-refractivity contribution in [1.82, 2.24) is 20.1 Å². The zero-order valence-electron chi connectivity index (χ0n) is 13.3. The predicted molar refractivity (Wildman–Crippen MR) is 90.0 cm³/mol. The second kappa shape index (κ2) is 6.64. The summed E-state index contributed by atoms with van der Waals surface area (Å²) in [6.45, 7) is 0.778. The second-order valence-electron chi connectivity index (χ2n) is 5.59. The first-order chi connectivity index (χ1) is 12.3. The van der Waals surface area contributed by atoms with Crippen LogP contribution in [0.2, 0.25) is 0 Å². The molecule has 2 aromatic carbocycles. The number of fused-ring (bicyclic) bond motifs is 1. The van der Waals surface area contributed by atoms with Gasteiger partial charge in [0.2, 0.25) is 0 Å². The summed E-state index contributed by atoms with van der Waals surface area (Å²) in [5.74, 6) is 1.27. The van der Waals surface area contributed by atoms with Gasteiger partial charge >= 0.3 is 0 Å². The number of benzene rings is 2. The Morgan fingerprint density at radius 3 is 2.72 bits per heavy atom. The molecule has 1 atom stereocenters. The van der Waals surface area contributed by atoms with Gasteiger partial charge < -0.3 is 14.8 Å². The Bertz CT molecular complexity index is 862. The van der Waals surface area contributed by atoms with Crippen LogP contribution >= 0.6 is 0 Å². The maximum atomic E-state index is 12.3. The van der Waals surface area contributed by atoms with Crippen molar-refractivity contribution in [2.24, 2.45) is 0 Å². The van der Waals surface area contributed by atoms with E-state index in [0.717, 1.165) is 11.4 Å². The number of nitrogens with zero attached hydrogens (tertiary/aromatic N) is 3. The number of ether oxygens (including phenoxy) is 2. The molecule has 1 N–H and O–H groups in total. The first-order valence-corrected chi connectivity index (χ1v) is 7.91. The lowest BCUT2D eigenvalue weighted by Crippen LogP contribution is -2.40. The predicted octanol–water partition coefficient (Wildman–Crippen LogP) is 1.84. The molecule has 2 heterocycles. The van der Waals surface area contributed by atoms with Gasteiger partial charge in [0.05, 0.1) is 12.2 Å². The van der Waals surface area contributed by atoms with Crippen LogP contribution in [-0.4, -0.2) is 39.9 Å². The van der Waals surface area contributed by atoms with Crippen molar-refractivity contribution in [3.05, 3.63) is 66.7 Å². The average Bonchev–Trinajstić information content (AvgIpc) is 3.21. The fourth-order valence-electron chi connectivity index (χ4n) is 2.58. The summed E-state index contributed by atoms with van der Waals surface area (Å²) < 4.78 is 13.1. The summed E-state index contributed by atoms with van der Waals surface area (Å²) in [6, 6.07) is 14.6. The second-order valence-corrected chi connectivity index (χ2v) is 5.59. The number of para-hydroxylation sites is 2. The van der Waals surface area contributed by atoms with E-state index in [1.165, 1.54) is 6.33 Å². The van der Waals surface area contributed by atoms with Gasteiger partial charge in [-0.15, -0.1) is 0 Å². The molecule has 0 unspecified atom stereocenters. The molecule has 0 spiro atoms. The van der Waals surface area contributed by atoms with Crippen molar-refractivity contribution in [1.29, 1.82) is 0 Å². The number of rotatable bonds is 4. The maximum absolute atomic E-state index is 12.3. The van der Waals surface area contributed by atoms with E-state index < -0.39 is 0 Å². The highest BCUT2D eigenvalue weighted by Crippen LogP contribution is 2.30. The van der Waals surface area contributed by atoms with Gasteiger partial charge in [0.15, 0.2) is 11.5 Å². The molecule has 0 saturated heterocycles. The number of carbonyl (C=O) groups is 1. The highest BCUT2D eigenvalue weighted by molar-refractivity contribution is 5.94. The summed E-state index contributed by atoms with van der Waals surface area (Å²) in [7, 11) is 0. The molecule has 1 aromatic heterocycles. The van der Waals surface area contributed by atoms with Crippen LogP contribution in [0.5, 0.6) is 11.5 Å². The van der Waals surface area contributed by atoms with Crippen LogP contribution in [0.25, 0.3) is 5.69 Å². The van der Waals surface area contributed by atoms with Crippen LogP contribution in [-0.2, 0) is 0 Å². The van der Waals surface area contributed by atoms with Crippen molar-refractivity contribution in [2.45, 2.75) is 6.10 Å². The van der Waals surface area contributed by atoms with Gasteiger partial charge in [-0.3, -0.25) is 4.79 Å². The van der Waals surface area contributed by atoms with Crippen molar-refractivity contribution < 1.29 is 14.3 Å². The highest BCUT2D eigenvalue weighted by atomic mass is 16.6. The lowest BCUT2D eigenvalue weighted by Gasteiger charge is -2.26. The molecule has 0 bridgehead atoms. The Kier molecular flexibility index (Phi) is 4.04. The van der Waals surface area contributed by atoms with Crippen molar-refractivity contribution in [2.75, 3.05) is 13.2 Å². The zero-order chi connectivity index (χ0) is 17.1. The third-order valence-corrected chi connectivity index (χ3v) is 3.87. The Balaban J connectivity index is 1.35. The number of hydrogen-bond donors (Lipinski definition) is 1. The van der Waals surface area contributed by atoms with Crippen LogP contribution in [0.4, 0.5) is 0 Å². The fourth-order valence-corrected chi connectivity index (χ4v) is 2.58. The minimum Gasteiger partial charge on any atom is -0.486 e. The first kappa shape index (κ1) is 15.2. The molecule has 0 aliphatic carbocycles. The van der Waals surface area contributed by atoms with Gasteiger partial charge in [-0.1, -0.05) is 12.1 Å². The number of aromatic nitrogens is 3. The summed E-state index contributed by atoms with van der Waals surface area (Å²) in [6.07, 6.45) is 2.85. The van der Waals surface area contributed by atoms with Crippen molar-refractivity contribution in [3.63, 3.8) is 0 Å². The van der Waals surface area contributed by atoms with E-state index in [0.29, 0.717) is 24.5 Å². The van der Waals surface area contributed by atoms with E-state index in [-0.39, 0.29) is 12.0 Å². The molecular weight excluding hydrogens is 320 g/mol. The molecule has 7 nitrogen and oxygen atoms in total. The Hall–Kier alpha value is -3.35. The SMILES string of the molecule is O=C(NC[C@@H]1COc2ccccc2O1)c1ccc(-n2cncn2)cc1. The Morgan fingerprint density at radius 2 is 1.96 bits per heavy atom. The van der Waals surface area contributed by atoms with E-state index >= 15 is 0 Å². The lowest BCUT2D eigenvalue weighted by atomic mass is 10.2. The monoisotopic (exact) mass is 336 g/mol. The standard InChI is InChI=1S/C18H16N4O3/c23-18(13-5-7-14(8-6-13)22-12-19-11-21-22)20-9-15-10-24-16-3-1-2-4-17(16)25-15/h1-8,11-12,15H,9-10H2,(H,20,23)/t15-/m1/s1. The topological polar surface area (TPSA) is 78.3 Å². The van der Waals surface area contributed by atoms with Crippen LogP contribution in [0.15, 0.2) is 61.2 Å². The van der Waals surface area contributed by atoms with Crippen LogP contribution in [0.3, 0.4) is 0 Å². The minimum absolute atomic E-state index is 0.160. The first-order valence-electron chi connectivity index (χ1n) is 7.91. The molecule has 0 saturated carbocycles. The normalized spacial score (nSPS) is 15.6. The van der Waals surface area contributed by atoms with E-state index in [9.17, 15) is 4.79 Å². The molecule has 1 aliphatic rings. The summed E-state index contributed by atoms with van der Waals surface area (Å²) >= 11 is 0. The number of hydrogen-bond acceptors (Lipinski definition) is 5. The number of carbonyl (C=O) groups excluding carboxylic acids is 1. The van der Waals surface area contributed by atoms with Gasteiger partial charge in [-0.25, -0.2) is 9.67 Å². The quantitative estimate of drug-likeness (QED) is 0.786. The third kappa shape index (κ3) is 3.30. The van der Waals surface area contributed by atoms with E-state index in [1.807, 2.05) is 36.4 Å². The van der Waals surface area contributed by atoms with Gasteiger partial charge in [-0.05, 0) is 36.4 Å². The van der Waals surface area contributed by atoms with Gasteiger partial charge in [0.25, 0.3) is 5.91 Å². The average molecular weight is 336 g/mol. The lowest BCUT2D eigenvalue weighted by molar-refractivity contribution is 0.0789. The molecule has 7 heteroatoms. The molecule has 4 rings (SSSR count). The molecule has 1 aliphatic heterocycles. The summed E-state index contributed by atoms with van der Waals surface area (Å²) in [5, 5.41) is 6.93. The zero-order valence-corrected chi connectivity index (χ0v) is 13.3. The summed E-state index contributed by atoms with van der Waals surface area (Å²) in [4.78, 5) is 16.2. The fraction of sp³-hybridized carbons (Fsp3) is 0.167. The summed E-state index contributed by atoms with van der Waals surface area (Å²) in [5.41, 5.74) is 1.41. The molecule has 25 heavy (non-hydrogen) atoms. The molecule has 126 valence electrons. The van der Waals surface area contributed by atoms with E-state index in [1.54, 1.807) is 23.1 Å². The van der Waals surface area contributed by atoms with Crippen LogP contribution in [0, 0.1) is 0 Å².